The van der Waals surface area contributed by atoms with E-state index >= 15 is 0 Å². The molecular formula is C20H18N2O5. The summed E-state index contributed by atoms with van der Waals surface area (Å²) in [5.74, 6) is 0.775. The van der Waals surface area contributed by atoms with Crippen LogP contribution in [-0.4, -0.2) is 10.8 Å². The van der Waals surface area contributed by atoms with Crippen molar-refractivity contribution in [2.24, 2.45) is 0 Å². The number of nitro benzene ring substituents is 1. The summed E-state index contributed by atoms with van der Waals surface area (Å²) in [5, 5.41) is 13.4. The van der Waals surface area contributed by atoms with Crippen LogP contribution in [0.1, 0.15) is 28.8 Å². The number of anilines is 1. The predicted molar refractivity (Wildman–Crippen MR) is 99.9 cm³/mol. The number of furan rings is 1. The fourth-order valence-electron chi connectivity index (χ4n) is 2.41. The third-order valence-electron chi connectivity index (χ3n) is 3.93. The molecule has 1 amide bonds. The first-order chi connectivity index (χ1) is 13.0. The number of nitrogens with zero attached hydrogens (tertiary/aromatic N) is 1. The van der Waals surface area contributed by atoms with Crippen LogP contribution in [0.4, 0.5) is 11.4 Å². The summed E-state index contributed by atoms with van der Waals surface area (Å²) < 4.78 is 11.0. The number of hydrogen-bond donors (Lipinski definition) is 1. The van der Waals surface area contributed by atoms with Crippen LogP contribution in [0.25, 0.3) is 0 Å². The number of ether oxygens (including phenoxy) is 1. The van der Waals surface area contributed by atoms with Gasteiger partial charge >= 0.3 is 0 Å². The average molecular weight is 366 g/mol. The Kier molecular flexibility index (Phi) is 5.51. The van der Waals surface area contributed by atoms with E-state index in [1.807, 2.05) is 24.3 Å². The monoisotopic (exact) mass is 366 g/mol. The first kappa shape index (κ1) is 18.2. The van der Waals surface area contributed by atoms with E-state index in [1.165, 1.54) is 29.8 Å². The Bertz CT molecular complexity index is 930. The Morgan fingerprint density at radius 1 is 1.07 bits per heavy atom. The molecule has 0 aliphatic rings. The molecule has 1 N–H and O–H groups in total. The zero-order chi connectivity index (χ0) is 19.2. The summed E-state index contributed by atoms with van der Waals surface area (Å²) in [5.41, 5.74) is 1.88. The predicted octanol–water partition coefficient (Wildman–Crippen LogP) is 4.58. The average Bonchev–Trinajstić information content (AvgIpc) is 3.16. The summed E-state index contributed by atoms with van der Waals surface area (Å²) in [7, 11) is 0. The maximum atomic E-state index is 12.2. The molecule has 0 bridgehead atoms. The highest BCUT2D eigenvalue weighted by molar-refractivity contribution is 6.02. The lowest BCUT2D eigenvalue weighted by molar-refractivity contribution is -0.384. The Labute approximate surface area is 155 Å². The third kappa shape index (κ3) is 4.72. The first-order valence-electron chi connectivity index (χ1n) is 8.41. The topological polar surface area (TPSA) is 94.6 Å². The molecule has 0 atom stereocenters. The fraction of sp³-hybridized carbons (Fsp3) is 0.150. The number of nitrogens with one attached hydrogen (secondary N) is 1. The van der Waals surface area contributed by atoms with Gasteiger partial charge in [-0.15, -0.1) is 0 Å². The van der Waals surface area contributed by atoms with Crippen molar-refractivity contribution in [3.63, 3.8) is 0 Å². The Morgan fingerprint density at radius 2 is 1.78 bits per heavy atom. The molecule has 27 heavy (non-hydrogen) atoms. The molecule has 0 radical (unpaired) electrons. The standard InChI is InChI=1S/C20H18N2O5/c1-2-14-3-5-15(6-4-14)21-20(23)19-12-11-18(27-19)13-26-17-9-7-16(8-10-17)22(24)25/h3-12H,2,13H2,1H3,(H,21,23). The van der Waals surface area contributed by atoms with Gasteiger partial charge in [0.05, 0.1) is 4.92 Å². The van der Waals surface area contributed by atoms with Crippen molar-refractivity contribution >= 4 is 17.3 Å². The molecule has 138 valence electrons. The van der Waals surface area contributed by atoms with Crippen LogP contribution in [0.2, 0.25) is 0 Å². The van der Waals surface area contributed by atoms with Crippen LogP contribution in [0.5, 0.6) is 5.75 Å². The highest BCUT2D eigenvalue weighted by Gasteiger charge is 2.12. The van der Waals surface area contributed by atoms with Gasteiger partial charge in [0.25, 0.3) is 11.6 Å². The molecule has 7 heteroatoms. The maximum Gasteiger partial charge on any atom is 0.291 e. The number of benzene rings is 2. The fourth-order valence-corrected chi connectivity index (χ4v) is 2.41. The summed E-state index contributed by atoms with van der Waals surface area (Å²) in [4.78, 5) is 22.4. The lowest BCUT2D eigenvalue weighted by atomic mass is 10.1. The van der Waals surface area contributed by atoms with Gasteiger partial charge in [-0.05, 0) is 48.4 Å². The first-order valence-corrected chi connectivity index (χ1v) is 8.41. The molecule has 0 fully saturated rings. The quantitative estimate of drug-likeness (QED) is 0.488. The molecule has 0 spiro atoms. The smallest absolute Gasteiger partial charge is 0.291 e. The van der Waals surface area contributed by atoms with E-state index in [0.717, 1.165) is 6.42 Å². The van der Waals surface area contributed by atoms with Crippen molar-refractivity contribution in [1.82, 2.24) is 0 Å². The molecule has 0 saturated carbocycles. The van der Waals surface area contributed by atoms with Crippen LogP contribution in [0.15, 0.2) is 65.1 Å². The largest absolute Gasteiger partial charge is 0.486 e. The van der Waals surface area contributed by atoms with Gasteiger partial charge in [-0.1, -0.05) is 19.1 Å². The van der Waals surface area contributed by atoms with E-state index in [0.29, 0.717) is 17.2 Å². The van der Waals surface area contributed by atoms with Gasteiger partial charge in [0.15, 0.2) is 5.76 Å². The van der Waals surface area contributed by atoms with Gasteiger partial charge < -0.3 is 14.5 Å². The minimum atomic E-state index is -0.475. The minimum Gasteiger partial charge on any atom is -0.486 e. The van der Waals surface area contributed by atoms with Crippen molar-refractivity contribution < 1.29 is 18.9 Å². The van der Waals surface area contributed by atoms with Crippen molar-refractivity contribution in [3.05, 3.63) is 87.9 Å². The highest BCUT2D eigenvalue weighted by atomic mass is 16.6. The molecule has 1 aromatic heterocycles. The number of rotatable bonds is 7. The van der Waals surface area contributed by atoms with Crippen LogP contribution >= 0.6 is 0 Å². The molecule has 0 unspecified atom stereocenters. The number of hydrogen-bond acceptors (Lipinski definition) is 5. The van der Waals surface area contributed by atoms with E-state index in [9.17, 15) is 14.9 Å². The Balaban J connectivity index is 1.56. The third-order valence-corrected chi connectivity index (χ3v) is 3.93. The number of carbonyl (C=O) groups is 1. The molecule has 0 aliphatic heterocycles. The van der Waals surface area contributed by atoms with E-state index in [2.05, 4.69) is 12.2 Å². The number of nitro groups is 1. The zero-order valence-electron chi connectivity index (χ0n) is 14.7. The molecule has 2 aromatic carbocycles. The molecule has 3 rings (SSSR count). The zero-order valence-corrected chi connectivity index (χ0v) is 14.7. The van der Waals surface area contributed by atoms with Gasteiger partial charge in [-0.25, -0.2) is 0 Å². The van der Waals surface area contributed by atoms with E-state index in [4.69, 9.17) is 9.15 Å². The van der Waals surface area contributed by atoms with Crippen LogP contribution in [-0.2, 0) is 13.0 Å². The number of non-ortho nitro benzene ring substituents is 1. The summed E-state index contributed by atoms with van der Waals surface area (Å²) in [6.45, 7) is 2.17. The second kappa shape index (κ2) is 8.18. The Morgan fingerprint density at radius 3 is 2.41 bits per heavy atom. The Hall–Kier alpha value is -3.61. The molecule has 7 nitrogen and oxygen atoms in total. The highest BCUT2D eigenvalue weighted by Crippen LogP contribution is 2.19. The summed E-state index contributed by atoms with van der Waals surface area (Å²) in [6.07, 6.45) is 0.935. The van der Waals surface area contributed by atoms with Crippen molar-refractivity contribution in [2.45, 2.75) is 20.0 Å². The van der Waals surface area contributed by atoms with E-state index < -0.39 is 4.92 Å². The van der Waals surface area contributed by atoms with E-state index in [1.54, 1.807) is 12.1 Å². The van der Waals surface area contributed by atoms with Gasteiger partial charge in [-0.3, -0.25) is 14.9 Å². The molecule has 1 heterocycles. The minimum absolute atomic E-state index is 0.00808. The van der Waals surface area contributed by atoms with Crippen LogP contribution < -0.4 is 10.1 Å². The van der Waals surface area contributed by atoms with Crippen molar-refractivity contribution in [2.75, 3.05) is 5.32 Å². The molecular weight excluding hydrogens is 348 g/mol. The van der Waals surface area contributed by atoms with Gasteiger partial charge in [0.1, 0.15) is 18.1 Å². The normalized spacial score (nSPS) is 10.4. The molecule has 0 saturated heterocycles. The van der Waals surface area contributed by atoms with Gasteiger partial charge in [-0.2, -0.15) is 0 Å². The number of amides is 1. The molecule has 3 aromatic rings. The summed E-state index contributed by atoms with van der Waals surface area (Å²) in [6, 6.07) is 16.6. The lowest BCUT2D eigenvalue weighted by Crippen LogP contribution is -2.10. The maximum absolute atomic E-state index is 12.2. The number of aryl methyl sites for hydroxylation is 1. The van der Waals surface area contributed by atoms with E-state index in [-0.39, 0.29) is 24.0 Å². The lowest BCUT2D eigenvalue weighted by Gasteiger charge is -2.05. The van der Waals surface area contributed by atoms with Crippen molar-refractivity contribution in [3.8, 4) is 5.75 Å². The van der Waals surface area contributed by atoms with Crippen LogP contribution in [0, 0.1) is 10.1 Å². The van der Waals surface area contributed by atoms with Gasteiger partial charge in [0.2, 0.25) is 0 Å². The van der Waals surface area contributed by atoms with Crippen LogP contribution in [0.3, 0.4) is 0 Å². The second-order valence-corrected chi connectivity index (χ2v) is 5.81. The SMILES string of the molecule is CCc1ccc(NC(=O)c2ccc(COc3ccc([N+](=O)[O-])cc3)o2)cc1. The van der Waals surface area contributed by atoms with Crippen molar-refractivity contribution in [1.29, 1.82) is 0 Å². The van der Waals surface area contributed by atoms with Gasteiger partial charge in [0, 0.05) is 17.8 Å². The summed E-state index contributed by atoms with van der Waals surface area (Å²) >= 11 is 0. The second-order valence-electron chi connectivity index (χ2n) is 5.81. The molecule has 0 aliphatic carbocycles. The number of carbonyl (C=O) groups excluding carboxylic acids is 1.